The van der Waals surface area contributed by atoms with E-state index in [2.05, 4.69) is 15.9 Å². The fourth-order valence-corrected chi connectivity index (χ4v) is 7.22. The second kappa shape index (κ2) is 5.99. The van der Waals surface area contributed by atoms with Gasteiger partial charge in [-0.15, -0.1) is 0 Å². The number of aliphatic hydroxyl groups excluding tert-OH is 2. The molecule has 6 aliphatic rings. The molecule has 9 heteroatoms. The Hall–Kier alpha value is -2.09. The Morgan fingerprint density at radius 3 is 2.70 bits per heavy atom. The van der Waals surface area contributed by atoms with E-state index in [1.807, 2.05) is 11.9 Å². The predicted octanol–water partition coefficient (Wildman–Crippen LogP) is -1.05. The van der Waals surface area contributed by atoms with Crippen molar-refractivity contribution >= 4 is 11.6 Å². The molecular formula is C21H24N4O5. The molecule has 0 aromatic rings. The number of likely N-dealkylation sites (N-methyl/N-ethyl adjacent to an activating group) is 1. The molecule has 8 unspecified atom stereocenters. The van der Waals surface area contributed by atoms with E-state index < -0.39 is 23.7 Å². The molecule has 0 spiro atoms. The van der Waals surface area contributed by atoms with Gasteiger partial charge in [-0.05, 0) is 20.4 Å². The summed E-state index contributed by atoms with van der Waals surface area (Å²) in [4.78, 5) is 32.1. The number of nitrogens with zero attached hydrogens (tertiary/aromatic N) is 4. The second-order valence-corrected chi connectivity index (χ2v) is 9.24. The van der Waals surface area contributed by atoms with Gasteiger partial charge in [0.2, 0.25) is 11.6 Å². The van der Waals surface area contributed by atoms with Crippen LogP contribution < -0.4 is 0 Å². The second-order valence-electron chi connectivity index (χ2n) is 9.24. The Balaban J connectivity index is 1.66. The molecule has 30 heavy (non-hydrogen) atoms. The van der Waals surface area contributed by atoms with Crippen LogP contribution in [-0.4, -0.2) is 106 Å². The molecule has 0 radical (unpaired) electrons. The first-order valence-corrected chi connectivity index (χ1v) is 10.5. The van der Waals surface area contributed by atoms with Crippen LogP contribution >= 0.6 is 0 Å². The largest absolute Gasteiger partial charge is 0.507 e. The van der Waals surface area contributed by atoms with Crippen molar-refractivity contribution in [2.24, 2.45) is 5.92 Å². The van der Waals surface area contributed by atoms with Gasteiger partial charge >= 0.3 is 0 Å². The molecule has 5 heterocycles. The summed E-state index contributed by atoms with van der Waals surface area (Å²) >= 11 is 0. The zero-order valence-electron chi connectivity index (χ0n) is 16.9. The lowest BCUT2D eigenvalue weighted by atomic mass is 9.69. The van der Waals surface area contributed by atoms with E-state index in [4.69, 9.17) is 4.74 Å². The molecule has 4 saturated heterocycles. The molecule has 6 rings (SSSR count). The van der Waals surface area contributed by atoms with E-state index in [1.165, 1.54) is 6.92 Å². The fourth-order valence-electron chi connectivity index (χ4n) is 7.22. The first-order chi connectivity index (χ1) is 14.4. The third-order valence-electron chi connectivity index (χ3n) is 8.32. The molecule has 4 fully saturated rings. The third kappa shape index (κ3) is 1.90. The van der Waals surface area contributed by atoms with Crippen molar-refractivity contribution in [1.29, 1.82) is 5.26 Å². The molecule has 2 N–H and O–H groups in total. The normalized spacial score (nSPS) is 45.7. The maximum Gasteiger partial charge on any atom is 0.232 e. The van der Waals surface area contributed by atoms with Gasteiger partial charge in [-0.1, -0.05) is 0 Å². The number of aliphatic hydroxyl groups is 2. The lowest BCUT2D eigenvalue weighted by Gasteiger charge is -2.61. The zero-order chi connectivity index (χ0) is 21.1. The number of hydrogen-bond acceptors (Lipinski definition) is 9. The molecule has 0 amide bonds. The minimum absolute atomic E-state index is 0.0393. The van der Waals surface area contributed by atoms with Gasteiger partial charge in [-0.25, -0.2) is 0 Å². The molecule has 2 bridgehead atoms. The Bertz CT molecular complexity index is 982. The summed E-state index contributed by atoms with van der Waals surface area (Å²) in [5.74, 6) is -1.37. The number of nitriles is 1. The highest BCUT2D eigenvalue weighted by Crippen LogP contribution is 2.55. The van der Waals surface area contributed by atoms with Crippen LogP contribution in [0.1, 0.15) is 13.3 Å². The smallest absolute Gasteiger partial charge is 0.232 e. The summed E-state index contributed by atoms with van der Waals surface area (Å²) in [6.45, 7) is 2.30. The molecule has 8 atom stereocenters. The molecule has 0 aromatic heterocycles. The Kier molecular flexibility index (Phi) is 3.73. The van der Waals surface area contributed by atoms with Crippen molar-refractivity contribution in [3.8, 4) is 6.07 Å². The standard InChI is InChI=1S/C21H24N4O5/c1-8-18(27)14-13(20(29)19(8)28)12(7-26)25-11(6-22)10-5-9-15(23(10)2)17(25)16(14)24-3-4-30-21(9)24/h9-12,15-17,21,26-27H,3-5,7H2,1-2H3. The number of hydrogen-bond donors (Lipinski definition) is 2. The number of ether oxygens (including phenoxy) is 1. The average Bonchev–Trinajstić information content (AvgIpc) is 3.32. The summed E-state index contributed by atoms with van der Waals surface area (Å²) < 4.78 is 6.12. The summed E-state index contributed by atoms with van der Waals surface area (Å²) in [5, 5.41) is 31.5. The van der Waals surface area contributed by atoms with Gasteiger partial charge in [0.05, 0.1) is 31.4 Å². The molecule has 0 saturated carbocycles. The summed E-state index contributed by atoms with van der Waals surface area (Å²) in [6, 6.07) is 0.595. The number of piperidine rings is 1. The quantitative estimate of drug-likeness (QED) is 0.411. The van der Waals surface area contributed by atoms with Crippen molar-refractivity contribution in [2.45, 2.75) is 55.8 Å². The topological polar surface area (TPSA) is 117 Å². The molecule has 158 valence electrons. The lowest BCUT2D eigenvalue weighted by Crippen LogP contribution is -2.77. The van der Waals surface area contributed by atoms with Crippen LogP contribution in [-0.2, 0) is 14.3 Å². The maximum absolute atomic E-state index is 13.1. The maximum atomic E-state index is 13.1. The van der Waals surface area contributed by atoms with Crippen LogP contribution in [0.2, 0.25) is 0 Å². The van der Waals surface area contributed by atoms with Crippen LogP contribution in [0.15, 0.2) is 22.5 Å². The number of carbonyl (C=O) groups excluding carboxylic acids is 2. The van der Waals surface area contributed by atoms with E-state index in [9.17, 15) is 25.1 Å². The number of rotatable bonds is 1. The van der Waals surface area contributed by atoms with Crippen molar-refractivity contribution in [1.82, 2.24) is 14.7 Å². The third-order valence-corrected chi connectivity index (χ3v) is 8.32. The molecule has 5 aliphatic heterocycles. The van der Waals surface area contributed by atoms with Gasteiger partial charge in [-0.2, -0.15) is 5.26 Å². The van der Waals surface area contributed by atoms with Gasteiger partial charge < -0.3 is 14.9 Å². The van der Waals surface area contributed by atoms with Crippen LogP contribution in [0, 0.1) is 17.2 Å². The van der Waals surface area contributed by atoms with Gasteiger partial charge in [0.25, 0.3) is 0 Å². The Morgan fingerprint density at radius 1 is 1.23 bits per heavy atom. The van der Waals surface area contributed by atoms with Crippen LogP contribution in [0.5, 0.6) is 0 Å². The Labute approximate surface area is 173 Å². The summed E-state index contributed by atoms with van der Waals surface area (Å²) in [7, 11) is 2.03. The monoisotopic (exact) mass is 412 g/mol. The number of allylic oxidation sites excluding steroid dienone is 1. The molecular weight excluding hydrogens is 388 g/mol. The van der Waals surface area contributed by atoms with Crippen molar-refractivity contribution in [3.63, 3.8) is 0 Å². The molecule has 9 nitrogen and oxygen atoms in total. The number of ketones is 2. The predicted molar refractivity (Wildman–Crippen MR) is 102 cm³/mol. The van der Waals surface area contributed by atoms with Crippen LogP contribution in [0.4, 0.5) is 0 Å². The van der Waals surface area contributed by atoms with E-state index >= 15 is 0 Å². The highest BCUT2D eigenvalue weighted by Gasteiger charge is 2.68. The average molecular weight is 412 g/mol. The number of fused-ring (bicyclic) bond motifs is 5. The summed E-state index contributed by atoms with van der Waals surface area (Å²) in [6.07, 6.45) is 0.653. The minimum atomic E-state index is -0.782. The first-order valence-electron chi connectivity index (χ1n) is 10.5. The van der Waals surface area contributed by atoms with E-state index in [0.717, 1.165) is 6.42 Å². The van der Waals surface area contributed by atoms with Crippen LogP contribution in [0.25, 0.3) is 0 Å². The highest BCUT2D eigenvalue weighted by atomic mass is 16.5. The van der Waals surface area contributed by atoms with Crippen molar-refractivity contribution in [3.05, 3.63) is 22.5 Å². The zero-order valence-corrected chi connectivity index (χ0v) is 16.9. The Morgan fingerprint density at radius 2 is 2.00 bits per heavy atom. The van der Waals surface area contributed by atoms with Crippen LogP contribution in [0.3, 0.4) is 0 Å². The van der Waals surface area contributed by atoms with E-state index in [1.54, 1.807) is 0 Å². The molecule has 0 aromatic carbocycles. The minimum Gasteiger partial charge on any atom is -0.507 e. The van der Waals surface area contributed by atoms with Gasteiger partial charge in [0, 0.05) is 47.3 Å². The van der Waals surface area contributed by atoms with Gasteiger partial charge in [-0.3, -0.25) is 24.3 Å². The fraction of sp³-hybridized carbons (Fsp3) is 0.667. The van der Waals surface area contributed by atoms with Crippen molar-refractivity contribution < 1.29 is 24.5 Å². The SMILES string of the molecule is CC1=C(O)C2=C(C(=O)C1=O)C(CO)N1C(C#N)C3CC4C(C1C2N1CCOC41)N3C. The highest BCUT2D eigenvalue weighted by molar-refractivity contribution is 6.50. The van der Waals surface area contributed by atoms with E-state index in [-0.39, 0.29) is 59.8 Å². The summed E-state index contributed by atoms with van der Waals surface area (Å²) in [5.41, 5.74) is 0.648. The lowest BCUT2D eigenvalue weighted by molar-refractivity contribution is -0.144. The van der Waals surface area contributed by atoms with Crippen molar-refractivity contribution in [2.75, 3.05) is 26.8 Å². The number of carbonyl (C=O) groups is 2. The number of piperazine rings is 1. The van der Waals surface area contributed by atoms with Gasteiger partial charge in [0.15, 0.2) is 0 Å². The van der Waals surface area contributed by atoms with E-state index in [0.29, 0.717) is 18.7 Å². The molecule has 1 aliphatic carbocycles. The first kappa shape index (κ1) is 18.7. The van der Waals surface area contributed by atoms with Gasteiger partial charge in [0.1, 0.15) is 18.0 Å². The number of Topliss-reactive ketones (excluding diaryl/α,β-unsaturated/α-hetero) is 2.